The zero-order valence-electron chi connectivity index (χ0n) is 8.33. The molecule has 13 heavy (non-hydrogen) atoms. The SMILES string of the molecule is Cn1nccc1C1(C)CCC(N)C1. The second-order valence-electron chi connectivity index (χ2n) is 4.40. The molecule has 1 heterocycles. The van der Waals surface area contributed by atoms with E-state index in [1.165, 1.54) is 12.1 Å². The van der Waals surface area contributed by atoms with Crippen LogP contribution in [-0.4, -0.2) is 15.8 Å². The molecule has 1 fully saturated rings. The third-order valence-corrected chi connectivity index (χ3v) is 3.22. The average molecular weight is 179 g/mol. The predicted molar refractivity (Wildman–Crippen MR) is 52.4 cm³/mol. The Bertz CT molecular complexity index is 305. The van der Waals surface area contributed by atoms with Crippen molar-refractivity contribution in [2.24, 2.45) is 12.8 Å². The summed E-state index contributed by atoms with van der Waals surface area (Å²) in [5, 5.41) is 4.21. The molecule has 1 saturated carbocycles. The smallest absolute Gasteiger partial charge is 0.0492 e. The molecule has 0 amide bonds. The summed E-state index contributed by atoms with van der Waals surface area (Å²) in [4.78, 5) is 0. The molecule has 2 rings (SSSR count). The van der Waals surface area contributed by atoms with Crippen molar-refractivity contribution < 1.29 is 0 Å². The Morgan fingerprint density at radius 1 is 1.69 bits per heavy atom. The minimum Gasteiger partial charge on any atom is -0.328 e. The molecule has 1 aromatic heterocycles. The van der Waals surface area contributed by atoms with Crippen molar-refractivity contribution in [3.63, 3.8) is 0 Å². The summed E-state index contributed by atoms with van der Waals surface area (Å²) in [5.74, 6) is 0. The topological polar surface area (TPSA) is 43.8 Å². The zero-order chi connectivity index (χ0) is 9.47. The maximum absolute atomic E-state index is 5.94. The van der Waals surface area contributed by atoms with Crippen LogP contribution >= 0.6 is 0 Å². The van der Waals surface area contributed by atoms with Gasteiger partial charge in [0.25, 0.3) is 0 Å². The summed E-state index contributed by atoms with van der Waals surface area (Å²) >= 11 is 0. The third-order valence-electron chi connectivity index (χ3n) is 3.22. The molecule has 3 nitrogen and oxygen atoms in total. The van der Waals surface area contributed by atoms with Crippen LogP contribution in [0.3, 0.4) is 0 Å². The van der Waals surface area contributed by atoms with Gasteiger partial charge < -0.3 is 5.73 Å². The van der Waals surface area contributed by atoms with Crippen molar-refractivity contribution in [2.45, 2.75) is 37.6 Å². The lowest BCUT2D eigenvalue weighted by Gasteiger charge is -2.23. The standard InChI is InChI=1S/C10H17N3/c1-10(5-3-8(11)7-10)9-4-6-12-13(9)2/h4,6,8H,3,5,7,11H2,1-2H3. The Kier molecular flexibility index (Phi) is 1.91. The van der Waals surface area contributed by atoms with Gasteiger partial charge in [-0.3, -0.25) is 4.68 Å². The van der Waals surface area contributed by atoms with E-state index in [0.717, 1.165) is 12.8 Å². The minimum atomic E-state index is 0.255. The van der Waals surface area contributed by atoms with E-state index >= 15 is 0 Å². The second kappa shape index (κ2) is 2.84. The van der Waals surface area contributed by atoms with E-state index in [9.17, 15) is 0 Å². The first-order valence-electron chi connectivity index (χ1n) is 4.86. The van der Waals surface area contributed by atoms with Gasteiger partial charge in [-0.25, -0.2) is 0 Å². The first kappa shape index (κ1) is 8.75. The Labute approximate surface area is 78.9 Å². The maximum Gasteiger partial charge on any atom is 0.0492 e. The number of aromatic nitrogens is 2. The first-order chi connectivity index (χ1) is 6.12. The number of rotatable bonds is 1. The quantitative estimate of drug-likeness (QED) is 0.703. The van der Waals surface area contributed by atoms with Crippen molar-refractivity contribution >= 4 is 0 Å². The monoisotopic (exact) mass is 179 g/mol. The minimum absolute atomic E-state index is 0.255. The van der Waals surface area contributed by atoms with Gasteiger partial charge in [0, 0.05) is 30.4 Å². The van der Waals surface area contributed by atoms with Crippen molar-refractivity contribution in [1.82, 2.24) is 9.78 Å². The Morgan fingerprint density at radius 2 is 2.46 bits per heavy atom. The molecule has 2 unspecified atom stereocenters. The molecule has 1 aromatic rings. The third kappa shape index (κ3) is 1.37. The van der Waals surface area contributed by atoms with Crippen LogP contribution in [-0.2, 0) is 12.5 Å². The van der Waals surface area contributed by atoms with E-state index in [0.29, 0.717) is 6.04 Å². The molecule has 3 heteroatoms. The van der Waals surface area contributed by atoms with Gasteiger partial charge in [-0.15, -0.1) is 0 Å². The molecule has 0 aromatic carbocycles. The van der Waals surface area contributed by atoms with Crippen molar-refractivity contribution in [1.29, 1.82) is 0 Å². The molecule has 2 N–H and O–H groups in total. The molecule has 2 atom stereocenters. The van der Waals surface area contributed by atoms with Gasteiger partial charge in [-0.05, 0) is 25.3 Å². The van der Waals surface area contributed by atoms with Crippen LogP contribution < -0.4 is 5.73 Å². The molecule has 72 valence electrons. The van der Waals surface area contributed by atoms with Gasteiger partial charge in [-0.2, -0.15) is 5.10 Å². The second-order valence-corrected chi connectivity index (χ2v) is 4.40. The number of hydrogen-bond donors (Lipinski definition) is 1. The number of nitrogens with zero attached hydrogens (tertiary/aromatic N) is 2. The van der Waals surface area contributed by atoms with E-state index in [-0.39, 0.29) is 5.41 Å². The number of hydrogen-bond acceptors (Lipinski definition) is 2. The largest absolute Gasteiger partial charge is 0.328 e. The first-order valence-corrected chi connectivity index (χ1v) is 4.86. The van der Waals surface area contributed by atoms with Gasteiger partial charge in [-0.1, -0.05) is 6.92 Å². The highest BCUT2D eigenvalue weighted by Crippen LogP contribution is 2.39. The lowest BCUT2D eigenvalue weighted by molar-refractivity contribution is 0.441. The van der Waals surface area contributed by atoms with Crippen LogP contribution in [0.4, 0.5) is 0 Å². The van der Waals surface area contributed by atoms with Crippen LogP contribution in [0, 0.1) is 0 Å². The van der Waals surface area contributed by atoms with Crippen LogP contribution in [0.15, 0.2) is 12.3 Å². The maximum atomic E-state index is 5.94. The van der Waals surface area contributed by atoms with E-state index in [2.05, 4.69) is 18.1 Å². The number of aryl methyl sites for hydroxylation is 1. The summed E-state index contributed by atoms with van der Waals surface area (Å²) in [6.45, 7) is 2.29. The number of nitrogens with two attached hydrogens (primary N) is 1. The highest BCUT2D eigenvalue weighted by molar-refractivity contribution is 5.17. The van der Waals surface area contributed by atoms with E-state index in [1.54, 1.807) is 0 Å². The van der Waals surface area contributed by atoms with Gasteiger partial charge >= 0.3 is 0 Å². The summed E-state index contributed by atoms with van der Waals surface area (Å²) in [7, 11) is 2.00. The highest BCUT2D eigenvalue weighted by atomic mass is 15.3. The van der Waals surface area contributed by atoms with Gasteiger partial charge in [0.05, 0.1) is 0 Å². The van der Waals surface area contributed by atoms with Crippen LogP contribution in [0.1, 0.15) is 31.9 Å². The van der Waals surface area contributed by atoms with E-state index in [1.807, 2.05) is 17.9 Å². The zero-order valence-corrected chi connectivity index (χ0v) is 8.33. The normalized spacial score (nSPS) is 33.9. The van der Waals surface area contributed by atoms with Gasteiger partial charge in [0.1, 0.15) is 0 Å². The molecule has 1 aliphatic rings. The van der Waals surface area contributed by atoms with Gasteiger partial charge in [0.2, 0.25) is 0 Å². The molecule has 0 spiro atoms. The molecule has 0 saturated heterocycles. The fourth-order valence-corrected chi connectivity index (χ4v) is 2.49. The lowest BCUT2D eigenvalue weighted by Crippen LogP contribution is -2.25. The van der Waals surface area contributed by atoms with E-state index in [4.69, 9.17) is 5.73 Å². The Morgan fingerprint density at radius 3 is 2.92 bits per heavy atom. The summed E-state index contributed by atoms with van der Waals surface area (Å²) in [6, 6.07) is 2.48. The fraction of sp³-hybridized carbons (Fsp3) is 0.700. The molecular formula is C10H17N3. The molecule has 0 radical (unpaired) electrons. The summed E-state index contributed by atoms with van der Waals surface area (Å²) < 4.78 is 1.97. The van der Waals surface area contributed by atoms with Gasteiger partial charge in [0.15, 0.2) is 0 Å². The molecule has 0 bridgehead atoms. The lowest BCUT2D eigenvalue weighted by atomic mass is 9.85. The van der Waals surface area contributed by atoms with Crippen molar-refractivity contribution in [3.8, 4) is 0 Å². The molecule has 0 aliphatic heterocycles. The summed E-state index contributed by atoms with van der Waals surface area (Å²) in [6.07, 6.45) is 5.28. The predicted octanol–water partition coefficient (Wildman–Crippen LogP) is 1.19. The van der Waals surface area contributed by atoms with Crippen LogP contribution in [0.5, 0.6) is 0 Å². The average Bonchev–Trinajstić information content (AvgIpc) is 2.59. The van der Waals surface area contributed by atoms with Crippen LogP contribution in [0.2, 0.25) is 0 Å². The highest BCUT2D eigenvalue weighted by Gasteiger charge is 2.36. The molecule has 1 aliphatic carbocycles. The van der Waals surface area contributed by atoms with E-state index < -0.39 is 0 Å². The summed E-state index contributed by atoms with van der Waals surface area (Å²) in [5.41, 5.74) is 7.51. The van der Waals surface area contributed by atoms with Crippen LogP contribution in [0.25, 0.3) is 0 Å². The Balaban J connectivity index is 2.30. The Hall–Kier alpha value is -0.830. The van der Waals surface area contributed by atoms with Crippen molar-refractivity contribution in [3.05, 3.63) is 18.0 Å². The molecular weight excluding hydrogens is 162 g/mol. The fourth-order valence-electron chi connectivity index (χ4n) is 2.49. The van der Waals surface area contributed by atoms with Crippen molar-refractivity contribution in [2.75, 3.05) is 0 Å².